The molecule has 6 nitrogen and oxygen atoms in total. The van der Waals surface area contributed by atoms with Crippen LogP contribution in [-0.2, 0) is 9.53 Å². The molecule has 3 atom stereocenters. The zero-order chi connectivity index (χ0) is 18.7. The van der Waals surface area contributed by atoms with Gasteiger partial charge in [-0.1, -0.05) is 13.8 Å². The molecule has 1 amide bonds. The van der Waals surface area contributed by atoms with Gasteiger partial charge >= 0.3 is 0 Å². The first kappa shape index (κ1) is 19.5. The zero-order valence-corrected chi connectivity index (χ0v) is 16.9. The number of hydrogen-bond donors (Lipinski definition) is 2. The second-order valence-electron chi connectivity index (χ2n) is 8.65. The third-order valence-corrected chi connectivity index (χ3v) is 6.59. The molecule has 2 saturated heterocycles. The monoisotopic (exact) mass is 364 g/mol. The Morgan fingerprint density at radius 1 is 1.27 bits per heavy atom. The number of nitrogens with one attached hydrogen (secondary N) is 2. The van der Waals surface area contributed by atoms with Crippen LogP contribution in [0.3, 0.4) is 0 Å². The Kier molecular flexibility index (Phi) is 6.10. The fraction of sp³-hybridized carbons (Fsp3) is 0.900. The second kappa shape index (κ2) is 8.15. The molecule has 2 aliphatic heterocycles. The molecule has 3 fully saturated rings. The molecule has 6 heteroatoms. The molecular weight excluding hydrogens is 328 g/mol. The Morgan fingerprint density at radius 3 is 2.65 bits per heavy atom. The van der Waals surface area contributed by atoms with E-state index in [1.54, 1.807) is 7.05 Å². The zero-order valence-electron chi connectivity index (χ0n) is 16.9. The molecule has 2 N–H and O–H groups in total. The average molecular weight is 365 g/mol. The lowest BCUT2D eigenvalue weighted by Gasteiger charge is -2.60. The smallest absolute Gasteiger partial charge is 0.220 e. The molecule has 0 spiro atoms. The Bertz CT molecular complexity index is 526. The average Bonchev–Trinajstić information content (AvgIpc) is 2.65. The van der Waals surface area contributed by atoms with Crippen LogP contribution in [0.5, 0.6) is 0 Å². The SMILES string of the molecule is CCN=C(NC1C2CCCOC2C1(C)C)N1CCC(CC(=O)NC)CC1. The van der Waals surface area contributed by atoms with E-state index in [1.165, 1.54) is 12.8 Å². The van der Waals surface area contributed by atoms with Crippen molar-refractivity contribution in [1.82, 2.24) is 15.5 Å². The van der Waals surface area contributed by atoms with Crippen LogP contribution in [0, 0.1) is 17.3 Å². The summed E-state index contributed by atoms with van der Waals surface area (Å²) in [4.78, 5) is 18.8. The highest BCUT2D eigenvalue weighted by Crippen LogP contribution is 2.51. The molecule has 3 aliphatic rings. The van der Waals surface area contributed by atoms with Gasteiger partial charge < -0.3 is 20.3 Å². The van der Waals surface area contributed by atoms with Gasteiger partial charge in [-0.2, -0.15) is 0 Å². The summed E-state index contributed by atoms with van der Waals surface area (Å²) in [7, 11) is 1.72. The van der Waals surface area contributed by atoms with Crippen molar-refractivity contribution in [2.75, 3.05) is 33.3 Å². The summed E-state index contributed by atoms with van der Waals surface area (Å²) in [5.41, 5.74) is 0.150. The van der Waals surface area contributed by atoms with Crippen molar-refractivity contribution in [2.45, 2.75) is 65.0 Å². The molecule has 0 aromatic carbocycles. The molecule has 26 heavy (non-hydrogen) atoms. The minimum absolute atomic E-state index is 0.150. The van der Waals surface area contributed by atoms with Crippen LogP contribution in [0.15, 0.2) is 4.99 Å². The molecule has 0 radical (unpaired) electrons. The van der Waals surface area contributed by atoms with E-state index >= 15 is 0 Å². The quantitative estimate of drug-likeness (QED) is 0.592. The first-order valence-electron chi connectivity index (χ1n) is 10.4. The molecule has 2 heterocycles. The third-order valence-electron chi connectivity index (χ3n) is 6.59. The predicted molar refractivity (Wildman–Crippen MR) is 104 cm³/mol. The largest absolute Gasteiger partial charge is 0.377 e. The predicted octanol–water partition coefficient (Wildman–Crippen LogP) is 2.00. The summed E-state index contributed by atoms with van der Waals surface area (Å²) >= 11 is 0. The first-order valence-corrected chi connectivity index (χ1v) is 10.4. The number of rotatable bonds is 4. The normalized spacial score (nSPS) is 31.8. The summed E-state index contributed by atoms with van der Waals surface area (Å²) in [6.45, 7) is 10.4. The third kappa shape index (κ3) is 3.85. The van der Waals surface area contributed by atoms with Crippen LogP contribution < -0.4 is 10.6 Å². The molecule has 0 bridgehead atoms. The number of carbonyl (C=O) groups is 1. The van der Waals surface area contributed by atoms with Gasteiger partial charge in [0.05, 0.1) is 6.10 Å². The van der Waals surface area contributed by atoms with Gasteiger partial charge in [-0.25, -0.2) is 0 Å². The van der Waals surface area contributed by atoms with Crippen molar-refractivity contribution < 1.29 is 9.53 Å². The molecule has 1 saturated carbocycles. The Labute approximate surface area is 158 Å². The Balaban J connectivity index is 1.58. The topological polar surface area (TPSA) is 66.0 Å². The van der Waals surface area contributed by atoms with E-state index in [2.05, 4.69) is 36.3 Å². The minimum Gasteiger partial charge on any atom is -0.377 e. The van der Waals surface area contributed by atoms with Crippen molar-refractivity contribution in [1.29, 1.82) is 0 Å². The van der Waals surface area contributed by atoms with Gasteiger partial charge in [-0.15, -0.1) is 0 Å². The number of likely N-dealkylation sites (tertiary alicyclic amines) is 1. The summed E-state index contributed by atoms with van der Waals surface area (Å²) < 4.78 is 6.04. The van der Waals surface area contributed by atoms with Gasteiger partial charge in [-0.3, -0.25) is 9.79 Å². The number of amides is 1. The van der Waals surface area contributed by atoms with Crippen LogP contribution in [0.25, 0.3) is 0 Å². The van der Waals surface area contributed by atoms with E-state index in [4.69, 9.17) is 9.73 Å². The lowest BCUT2D eigenvalue weighted by Crippen LogP contribution is -2.71. The van der Waals surface area contributed by atoms with Crippen molar-refractivity contribution in [3.63, 3.8) is 0 Å². The molecule has 148 valence electrons. The highest BCUT2D eigenvalue weighted by molar-refractivity contribution is 5.81. The maximum atomic E-state index is 11.6. The van der Waals surface area contributed by atoms with Gasteiger partial charge in [0.2, 0.25) is 5.91 Å². The van der Waals surface area contributed by atoms with E-state index in [9.17, 15) is 4.79 Å². The number of carbonyl (C=O) groups excluding carboxylic acids is 1. The van der Waals surface area contributed by atoms with Gasteiger partial charge in [0, 0.05) is 57.1 Å². The Morgan fingerprint density at radius 2 is 2.00 bits per heavy atom. The molecule has 3 rings (SSSR count). The van der Waals surface area contributed by atoms with Crippen molar-refractivity contribution in [3.8, 4) is 0 Å². The van der Waals surface area contributed by atoms with Gasteiger partial charge in [0.1, 0.15) is 0 Å². The summed E-state index contributed by atoms with van der Waals surface area (Å²) in [5, 5.41) is 6.54. The summed E-state index contributed by atoms with van der Waals surface area (Å²) in [6.07, 6.45) is 5.56. The van der Waals surface area contributed by atoms with Gasteiger partial charge in [0.15, 0.2) is 5.96 Å². The molecular formula is C20H36N4O2. The van der Waals surface area contributed by atoms with Gasteiger partial charge in [0.25, 0.3) is 0 Å². The summed E-state index contributed by atoms with van der Waals surface area (Å²) in [6, 6.07) is 0.432. The highest BCUT2D eigenvalue weighted by Gasteiger charge is 2.58. The van der Waals surface area contributed by atoms with Crippen LogP contribution >= 0.6 is 0 Å². The lowest BCUT2D eigenvalue weighted by molar-refractivity contribution is -0.188. The van der Waals surface area contributed by atoms with Gasteiger partial charge in [-0.05, 0) is 38.5 Å². The van der Waals surface area contributed by atoms with Crippen LogP contribution in [0.4, 0.5) is 0 Å². The van der Waals surface area contributed by atoms with E-state index in [0.717, 1.165) is 45.0 Å². The number of piperidine rings is 1. The number of hydrogen-bond acceptors (Lipinski definition) is 3. The van der Waals surface area contributed by atoms with E-state index in [-0.39, 0.29) is 11.3 Å². The van der Waals surface area contributed by atoms with E-state index < -0.39 is 0 Å². The van der Waals surface area contributed by atoms with Crippen molar-refractivity contribution >= 4 is 11.9 Å². The van der Waals surface area contributed by atoms with Crippen LogP contribution in [0.1, 0.15) is 52.9 Å². The fourth-order valence-electron chi connectivity index (χ4n) is 5.05. The van der Waals surface area contributed by atoms with Crippen molar-refractivity contribution in [2.24, 2.45) is 22.2 Å². The number of fused-ring (bicyclic) bond motifs is 1. The number of ether oxygens (including phenoxy) is 1. The van der Waals surface area contributed by atoms with E-state index in [0.29, 0.717) is 30.4 Å². The fourth-order valence-corrected chi connectivity index (χ4v) is 5.05. The number of guanidine groups is 1. The van der Waals surface area contributed by atoms with Crippen LogP contribution in [0.2, 0.25) is 0 Å². The van der Waals surface area contributed by atoms with Crippen molar-refractivity contribution in [3.05, 3.63) is 0 Å². The number of nitrogens with zero attached hydrogens (tertiary/aromatic N) is 2. The molecule has 1 aliphatic carbocycles. The molecule has 3 unspecified atom stereocenters. The lowest BCUT2D eigenvalue weighted by atomic mass is 9.55. The second-order valence-corrected chi connectivity index (χ2v) is 8.65. The minimum atomic E-state index is 0.150. The summed E-state index contributed by atoms with van der Waals surface area (Å²) in [5.74, 6) is 2.30. The molecule has 0 aromatic rings. The maximum Gasteiger partial charge on any atom is 0.220 e. The maximum absolute atomic E-state index is 11.6. The van der Waals surface area contributed by atoms with E-state index in [1.807, 2.05) is 0 Å². The van der Waals surface area contributed by atoms with Crippen LogP contribution in [-0.4, -0.2) is 62.2 Å². The Hall–Kier alpha value is -1.30. The highest BCUT2D eigenvalue weighted by atomic mass is 16.5. The molecule has 0 aromatic heterocycles. The standard InChI is InChI=1S/C20H36N4O2/c1-5-22-19(24-10-8-14(9-11-24)13-16(25)21-4)23-17-15-7-6-12-26-18(15)20(17,2)3/h14-15,17-18H,5-13H2,1-4H3,(H,21,25)(H,22,23). The first-order chi connectivity index (χ1) is 12.5. The number of aliphatic imine (C=N–C) groups is 1.